The largest absolute Gasteiger partial charge is 0.416 e. The van der Waals surface area contributed by atoms with Crippen molar-refractivity contribution in [1.82, 2.24) is 0 Å². The molecule has 0 saturated carbocycles. The maximum absolute atomic E-state index is 12.6. The van der Waals surface area contributed by atoms with Crippen molar-refractivity contribution in [1.29, 1.82) is 5.26 Å². The number of hydrogen-bond acceptors (Lipinski definition) is 2. The van der Waals surface area contributed by atoms with E-state index in [1.807, 2.05) is 6.07 Å². The van der Waals surface area contributed by atoms with E-state index in [4.69, 9.17) is 5.26 Å². The number of nitrogens with one attached hydrogen (secondary N) is 1. The summed E-state index contributed by atoms with van der Waals surface area (Å²) < 4.78 is 37.9. The van der Waals surface area contributed by atoms with Crippen molar-refractivity contribution in [3.05, 3.63) is 65.2 Å². The lowest BCUT2D eigenvalue weighted by molar-refractivity contribution is -0.137. The molecule has 0 aliphatic carbocycles. The third-order valence-corrected chi connectivity index (χ3v) is 3.14. The molecular weight excluding hydrogens is 305 g/mol. The van der Waals surface area contributed by atoms with Crippen LogP contribution in [0.4, 0.5) is 18.9 Å². The summed E-state index contributed by atoms with van der Waals surface area (Å²) in [6, 6.07) is 13.4. The third kappa shape index (κ3) is 4.85. The second-order valence-electron chi connectivity index (χ2n) is 4.95. The number of hydrogen-bond donors (Lipinski definition) is 1. The van der Waals surface area contributed by atoms with Gasteiger partial charge in [0.05, 0.1) is 24.5 Å². The van der Waals surface area contributed by atoms with Crippen LogP contribution in [-0.2, 0) is 23.8 Å². The van der Waals surface area contributed by atoms with Gasteiger partial charge in [-0.1, -0.05) is 30.3 Å². The normalized spacial score (nSPS) is 10.9. The number of alkyl halides is 3. The Hall–Kier alpha value is -2.81. The fraction of sp³-hybridized carbons (Fsp3) is 0.176. The maximum atomic E-state index is 12.6. The van der Waals surface area contributed by atoms with Crippen LogP contribution < -0.4 is 5.32 Å². The molecule has 3 nitrogen and oxygen atoms in total. The van der Waals surface area contributed by atoms with E-state index in [0.717, 1.165) is 17.7 Å². The molecule has 1 amide bonds. The second-order valence-corrected chi connectivity index (χ2v) is 4.95. The van der Waals surface area contributed by atoms with Crippen molar-refractivity contribution in [3.63, 3.8) is 0 Å². The highest BCUT2D eigenvalue weighted by Crippen LogP contribution is 2.29. The molecule has 118 valence electrons. The van der Waals surface area contributed by atoms with Gasteiger partial charge < -0.3 is 5.32 Å². The summed E-state index contributed by atoms with van der Waals surface area (Å²) >= 11 is 0. The van der Waals surface area contributed by atoms with Crippen molar-refractivity contribution in [2.75, 3.05) is 5.32 Å². The van der Waals surface area contributed by atoms with Gasteiger partial charge in [0.15, 0.2) is 0 Å². The van der Waals surface area contributed by atoms with E-state index >= 15 is 0 Å². The van der Waals surface area contributed by atoms with Crippen LogP contribution in [0, 0.1) is 11.3 Å². The number of halogens is 3. The number of rotatable bonds is 4. The number of nitrogens with zero attached hydrogens (tertiary/aromatic N) is 1. The summed E-state index contributed by atoms with van der Waals surface area (Å²) in [5.74, 6) is -0.405. The first-order valence-electron chi connectivity index (χ1n) is 6.80. The minimum atomic E-state index is -4.43. The van der Waals surface area contributed by atoms with E-state index < -0.39 is 17.6 Å². The summed E-state index contributed by atoms with van der Waals surface area (Å²) in [6.45, 7) is 0. The number of anilines is 1. The lowest BCUT2D eigenvalue weighted by atomic mass is 10.1. The Balaban J connectivity index is 2.01. The van der Waals surface area contributed by atoms with Crippen LogP contribution in [0.15, 0.2) is 48.5 Å². The van der Waals surface area contributed by atoms with Gasteiger partial charge in [0.1, 0.15) is 0 Å². The van der Waals surface area contributed by atoms with E-state index in [0.29, 0.717) is 11.3 Å². The molecule has 0 heterocycles. The van der Waals surface area contributed by atoms with Crippen molar-refractivity contribution >= 4 is 11.6 Å². The van der Waals surface area contributed by atoms with Crippen LogP contribution in [0.2, 0.25) is 0 Å². The van der Waals surface area contributed by atoms with E-state index in [9.17, 15) is 18.0 Å². The van der Waals surface area contributed by atoms with Crippen molar-refractivity contribution in [3.8, 4) is 6.07 Å². The summed E-state index contributed by atoms with van der Waals surface area (Å²) in [7, 11) is 0. The van der Waals surface area contributed by atoms with Crippen LogP contribution in [0.5, 0.6) is 0 Å². The number of amides is 1. The minimum absolute atomic E-state index is 0.149. The standard InChI is InChI=1S/C17H13F3N2O/c18-17(19,20)14-3-1-2-13(10-14)11-16(23)22-15-6-4-12(5-7-15)8-9-21/h1-7,10H,8,11H2,(H,22,23). The summed E-state index contributed by atoms with van der Waals surface area (Å²) in [6.07, 6.45) is -4.30. The number of nitriles is 1. The summed E-state index contributed by atoms with van der Waals surface area (Å²) in [5, 5.41) is 11.2. The molecule has 0 fully saturated rings. The molecule has 0 atom stereocenters. The topological polar surface area (TPSA) is 52.9 Å². The van der Waals surface area contributed by atoms with E-state index in [-0.39, 0.29) is 12.8 Å². The molecule has 2 rings (SSSR count). The lowest BCUT2D eigenvalue weighted by Gasteiger charge is -2.09. The predicted octanol–water partition coefficient (Wildman–Crippen LogP) is 3.95. The SMILES string of the molecule is N#CCc1ccc(NC(=O)Cc2cccc(C(F)(F)F)c2)cc1. The van der Waals surface area contributed by atoms with Gasteiger partial charge in [-0.15, -0.1) is 0 Å². The Morgan fingerprint density at radius 1 is 1.09 bits per heavy atom. The Bertz CT molecular complexity index is 731. The quantitative estimate of drug-likeness (QED) is 0.928. The second kappa shape index (κ2) is 6.97. The van der Waals surface area contributed by atoms with Crippen LogP contribution in [0.3, 0.4) is 0 Å². The molecule has 0 aliphatic rings. The first-order valence-corrected chi connectivity index (χ1v) is 6.80. The molecule has 0 saturated heterocycles. The first-order chi connectivity index (χ1) is 10.9. The molecule has 0 bridgehead atoms. The van der Waals surface area contributed by atoms with E-state index in [1.54, 1.807) is 24.3 Å². The van der Waals surface area contributed by atoms with Crippen molar-refractivity contribution < 1.29 is 18.0 Å². The first kappa shape index (κ1) is 16.6. The van der Waals surface area contributed by atoms with Gasteiger partial charge in [-0.05, 0) is 29.3 Å². The van der Waals surface area contributed by atoms with Gasteiger partial charge in [-0.25, -0.2) is 0 Å². The van der Waals surface area contributed by atoms with E-state index in [2.05, 4.69) is 5.32 Å². The highest BCUT2D eigenvalue weighted by atomic mass is 19.4. The molecule has 6 heteroatoms. The maximum Gasteiger partial charge on any atom is 0.416 e. The lowest BCUT2D eigenvalue weighted by Crippen LogP contribution is -2.15. The smallest absolute Gasteiger partial charge is 0.326 e. The van der Waals surface area contributed by atoms with Crippen LogP contribution in [-0.4, -0.2) is 5.91 Å². The van der Waals surface area contributed by atoms with Gasteiger partial charge in [-0.3, -0.25) is 4.79 Å². The van der Waals surface area contributed by atoms with Gasteiger partial charge in [-0.2, -0.15) is 18.4 Å². The zero-order chi connectivity index (χ0) is 16.9. The average molecular weight is 318 g/mol. The molecule has 0 spiro atoms. The number of carbonyl (C=O) groups is 1. The zero-order valence-electron chi connectivity index (χ0n) is 12.0. The number of benzene rings is 2. The average Bonchev–Trinajstić information content (AvgIpc) is 2.49. The third-order valence-electron chi connectivity index (χ3n) is 3.14. The zero-order valence-corrected chi connectivity index (χ0v) is 12.0. The monoisotopic (exact) mass is 318 g/mol. The molecule has 0 aliphatic heterocycles. The van der Waals surface area contributed by atoms with Gasteiger partial charge in [0.2, 0.25) is 5.91 Å². The van der Waals surface area contributed by atoms with Gasteiger partial charge in [0.25, 0.3) is 0 Å². The van der Waals surface area contributed by atoms with Crippen molar-refractivity contribution in [2.24, 2.45) is 0 Å². The van der Waals surface area contributed by atoms with Crippen LogP contribution in [0.1, 0.15) is 16.7 Å². The molecule has 0 aromatic heterocycles. The van der Waals surface area contributed by atoms with Crippen molar-refractivity contribution in [2.45, 2.75) is 19.0 Å². The highest BCUT2D eigenvalue weighted by molar-refractivity contribution is 5.92. The van der Waals surface area contributed by atoms with E-state index in [1.165, 1.54) is 12.1 Å². The Morgan fingerprint density at radius 3 is 2.39 bits per heavy atom. The minimum Gasteiger partial charge on any atom is -0.326 e. The molecule has 0 unspecified atom stereocenters. The molecular formula is C17H13F3N2O. The molecule has 0 radical (unpaired) electrons. The highest BCUT2D eigenvalue weighted by Gasteiger charge is 2.30. The summed E-state index contributed by atoms with van der Waals surface area (Å²) in [5.41, 5.74) is 0.870. The summed E-state index contributed by atoms with van der Waals surface area (Å²) in [4.78, 5) is 11.9. The van der Waals surface area contributed by atoms with Gasteiger partial charge in [0, 0.05) is 5.69 Å². The molecule has 1 N–H and O–H groups in total. The van der Waals surface area contributed by atoms with Crippen LogP contribution >= 0.6 is 0 Å². The Kier molecular flexibility index (Phi) is 5.02. The Morgan fingerprint density at radius 2 is 1.78 bits per heavy atom. The number of carbonyl (C=O) groups excluding carboxylic acids is 1. The Labute approximate surface area is 131 Å². The molecule has 23 heavy (non-hydrogen) atoms. The van der Waals surface area contributed by atoms with Gasteiger partial charge >= 0.3 is 6.18 Å². The van der Waals surface area contributed by atoms with Crippen LogP contribution in [0.25, 0.3) is 0 Å². The molecule has 2 aromatic rings. The fourth-order valence-corrected chi connectivity index (χ4v) is 2.05. The molecule has 2 aromatic carbocycles. The predicted molar refractivity (Wildman–Crippen MR) is 79.5 cm³/mol. The fourth-order valence-electron chi connectivity index (χ4n) is 2.05.